The van der Waals surface area contributed by atoms with E-state index in [4.69, 9.17) is 16.2 Å². The third kappa shape index (κ3) is 2.11. The van der Waals surface area contributed by atoms with Crippen LogP contribution in [0.2, 0.25) is 0 Å². The quantitative estimate of drug-likeness (QED) is 0.606. The van der Waals surface area contributed by atoms with Gasteiger partial charge in [-0.2, -0.15) is 4.98 Å². The van der Waals surface area contributed by atoms with Gasteiger partial charge in [-0.25, -0.2) is 4.98 Å². The summed E-state index contributed by atoms with van der Waals surface area (Å²) in [7, 11) is 1.67. The zero-order valence-electron chi connectivity index (χ0n) is 13.2. The number of rotatable bonds is 3. The van der Waals surface area contributed by atoms with E-state index < -0.39 is 0 Å². The Labute approximate surface area is 138 Å². The minimum absolute atomic E-state index is 0.181. The van der Waals surface area contributed by atoms with Crippen molar-refractivity contribution in [1.29, 1.82) is 0 Å². The van der Waals surface area contributed by atoms with Gasteiger partial charge in [0.25, 0.3) is 0 Å². The molecule has 4 N–H and O–H groups in total. The highest BCUT2D eigenvalue weighted by molar-refractivity contribution is 6.09. The Hall–Kier alpha value is -3.28. The van der Waals surface area contributed by atoms with Crippen LogP contribution in [0.3, 0.4) is 0 Å². The van der Waals surface area contributed by atoms with Crippen LogP contribution in [0.25, 0.3) is 21.9 Å². The lowest BCUT2D eigenvalue weighted by Gasteiger charge is -2.12. The molecule has 0 aliphatic heterocycles. The lowest BCUT2D eigenvalue weighted by atomic mass is 10.2. The van der Waals surface area contributed by atoms with Crippen molar-refractivity contribution in [2.75, 3.05) is 18.6 Å². The Bertz CT molecular complexity index is 1050. The smallest absolute Gasteiger partial charge is 0.222 e. The van der Waals surface area contributed by atoms with Crippen LogP contribution >= 0.6 is 0 Å². The van der Waals surface area contributed by atoms with Gasteiger partial charge in [0.1, 0.15) is 16.8 Å². The molecule has 0 unspecified atom stereocenters. The largest absolute Gasteiger partial charge is 0.496 e. The maximum absolute atomic E-state index is 6.16. The Morgan fingerprint density at radius 2 is 1.75 bits per heavy atom. The van der Waals surface area contributed by atoms with Crippen molar-refractivity contribution < 1.29 is 4.74 Å². The molecular weight excluding hydrogens is 302 g/mol. The van der Waals surface area contributed by atoms with Gasteiger partial charge in [-0.1, -0.05) is 36.4 Å². The second kappa shape index (κ2) is 5.42. The van der Waals surface area contributed by atoms with Crippen molar-refractivity contribution in [2.24, 2.45) is 0 Å². The maximum atomic E-state index is 6.16. The van der Waals surface area contributed by atoms with E-state index in [1.807, 2.05) is 48.5 Å². The minimum atomic E-state index is 0.181. The van der Waals surface area contributed by atoms with Crippen LogP contribution in [-0.4, -0.2) is 21.6 Å². The molecule has 2 aromatic carbocycles. The van der Waals surface area contributed by atoms with E-state index in [-0.39, 0.29) is 5.95 Å². The predicted octanol–water partition coefficient (Wildman–Crippen LogP) is 2.81. The molecule has 2 aromatic heterocycles. The Kier molecular flexibility index (Phi) is 3.23. The number of methoxy groups -OCH3 is 1. The lowest BCUT2D eigenvalue weighted by molar-refractivity contribution is 0.409. The van der Waals surface area contributed by atoms with Gasteiger partial charge in [0.2, 0.25) is 5.95 Å². The molecule has 0 atom stereocenters. The highest BCUT2D eigenvalue weighted by Crippen LogP contribution is 2.32. The number of anilines is 2. The summed E-state index contributed by atoms with van der Waals surface area (Å²) in [5.74, 6) is 1.39. The molecule has 0 spiro atoms. The van der Waals surface area contributed by atoms with Crippen LogP contribution in [0.15, 0.2) is 48.5 Å². The molecule has 6 nitrogen and oxygen atoms in total. The standard InChI is InChI=1S/C18H17N5O/c1-24-14-9-5-2-6-11(14)10-23-13-8-4-3-7-12(13)15-16(23)17(19)22-18(20)21-15/h2-9H,10H2,1H3,(H4,19,20,21,22). The van der Waals surface area contributed by atoms with E-state index in [0.717, 1.165) is 33.2 Å². The van der Waals surface area contributed by atoms with Gasteiger partial charge in [0, 0.05) is 10.9 Å². The molecule has 0 saturated heterocycles. The Balaban J connectivity index is 2.03. The van der Waals surface area contributed by atoms with Crippen molar-refractivity contribution in [3.05, 3.63) is 54.1 Å². The molecule has 4 aromatic rings. The van der Waals surface area contributed by atoms with Crippen LogP contribution < -0.4 is 16.2 Å². The van der Waals surface area contributed by atoms with Crippen LogP contribution in [0.1, 0.15) is 5.56 Å². The summed E-state index contributed by atoms with van der Waals surface area (Å²) >= 11 is 0. The second-order valence-electron chi connectivity index (χ2n) is 5.58. The average molecular weight is 319 g/mol. The molecule has 0 amide bonds. The summed E-state index contributed by atoms with van der Waals surface area (Å²) in [6.45, 7) is 0.603. The molecule has 0 aliphatic carbocycles. The fourth-order valence-electron chi connectivity index (χ4n) is 3.14. The molecule has 2 heterocycles. The van der Waals surface area contributed by atoms with Crippen molar-refractivity contribution in [3.8, 4) is 5.75 Å². The zero-order chi connectivity index (χ0) is 16.7. The van der Waals surface area contributed by atoms with E-state index in [1.54, 1.807) is 7.11 Å². The molecule has 0 radical (unpaired) electrons. The van der Waals surface area contributed by atoms with Gasteiger partial charge in [-0.3, -0.25) is 0 Å². The zero-order valence-corrected chi connectivity index (χ0v) is 13.2. The summed E-state index contributed by atoms with van der Waals surface area (Å²) in [4.78, 5) is 8.54. The van der Waals surface area contributed by atoms with Crippen molar-refractivity contribution in [3.63, 3.8) is 0 Å². The van der Waals surface area contributed by atoms with E-state index in [1.165, 1.54) is 0 Å². The van der Waals surface area contributed by atoms with Crippen molar-refractivity contribution in [1.82, 2.24) is 14.5 Å². The maximum Gasteiger partial charge on any atom is 0.222 e. The van der Waals surface area contributed by atoms with Crippen LogP contribution in [-0.2, 0) is 6.54 Å². The average Bonchev–Trinajstić information content (AvgIpc) is 2.90. The highest BCUT2D eigenvalue weighted by Gasteiger charge is 2.17. The number of nitrogens with zero attached hydrogens (tertiary/aromatic N) is 3. The molecular formula is C18H17N5O. The topological polar surface area (TPSA) is 92.0 Å². The van der Waals surface area contributed by atoms with Crippen LogP contribution in [0.4, 0.5) is 11.8 Å². The van der Waals surface area contributed by atoms with Gasteiger partial charge in [-0.05, 0) is 12.1 Å². The lowest BCUT2D eigenvalue weighted by Crippen LogP contribution is -2.06. The first-order valence-electron chi connectivity index (χ1n) is 7.61. The highest BCUT2D eigenvalue weighted by atomic mass is 16.5. The number of hydrogen-bond donors (Lipinski definition) is 2. The summed E-state index contributed by atoms with van der Waals surface area (Å²) < 4.78 is 7.58. The number of aromatic nitrogens is 3. The van der Waals surface area contributed by atoms with Gasteiger partial charge in [0.05, 0.1) is 19.2 Å². The first-order chi connectivity index (χ1) is 11.7. The van der Waals surface area contributed by atoms with E-state index in [9.17, 15) is 0 Å². The Morgan fingerprint density at radius 3 is 2.58 bits per heavy atom. The summed E-state index contributed by atoms with van der Waals surface area (Å²) in [5.41, 5.74) is 15.6. The third-order valence-electron chi connectivity index (χ3n) is 4.17. The monoisotopic (exact) mass is 319 g/mol. The molecule has 0 saturated carbocycles. The molecule has 0 aliphatic rings. The minimum Gasteiger partial charge on any atom is -0.496 e. The summed E-state index contributed by atoms with van der Waals surface area (Å²) in [5, 5.41) is 1.00. The number of benzene rings is 2. The van der Waals surface area contributed by atoms with Crippen molar-refractivity contribution in [2.45, 2.75) is 6.54 Å². The third-order valence-corrected chi connectivity index (χ3v) is 4.17. The summed E-state index contributed by atoms with van der Waals surface area (Å²) in [6, 6.07) is 16.0. The second-order valence-corrected chi connectivity index (χ2v) is 5.58. The Morgan fingerprint density at radius 1 is 1.00 bits per heavy atom. The molecule has 120 valence electrons. The van der Waals surface area contributed by atoms with Crippen LogP contribution in [0.5, 0.6) is 5.75 Å². The molecule has 24 heavy (non-hydrogen) atoms. The van der Waals surface area contributed by atoms with Gasteiger partial charge in [-0.15, -0.1) is 0 Å². The number of nitrogens with two attached hydrogens (primary N) is 2. The van der Waals surface area contributed by atoms with Gasteiger partial charge < -0.3 is 20.8 Å². The van der Waals surface area contributed by atoms with Gasteiger partial charge >= 0.3 is 0 Å². The fourth-order valence-corrected chi connectivity index (χ4v) is 3.14. The van der Waals surface area contributed by atoms with E-state index >= 15 is 0 Å². The number of fused-ring (bicyclic) bond motifs is 3. The first kappa shape index (κ1) is 14.3. The molecule has 0 bridgehead atoms. The van der Waals surface area contributed by atoms with E-state index in [0.29, 0.717) is 12.4 Å². The predicted molar refractivity (Wildman–Crippen MR) is 96.0 cm³/mol. The molecule has 0 fully saturated rings. The summed E-state index contributed by atoms with van der Waals surface area (Å²) in [6.07, 6.45) is 0. The molecule has 4 rings (SSSR count). The molecule has 6 heteroatoms. The van der Waals surface area contributed by atoms with Crippen LogP contribution in [0, 0.1) is 0 Å². The number of ether oxygens (including phenoxy) is 1. The van der Waals surface area contributed by atoms with Crippen molar-refractivity contribution >= 4 is 33.7 Å². The number of hydrogen-bond acceptors (Lipinski definition) is 5. The number of para-hydroxylation sites is 2. The SMILES string of the molecule is COc1ccccc1Cn1c2ccccc2c2nc(N)nc(N)c21. The number of nitrogen functional groups attached to an aromatic ring is 2. The fraction of sp³-hybridized carbons (Fsp3) is 0.111. The van der Waals surface area contributed by atoms with E-state index in [2.05, 4.69) is 14.5 Å². The first-order valence-corrected chi connectivity index (χ1v) is 7.61. The van der Waals surface area contributed by atoms with Gasteiger partial charge in [0.15, 0.2) is 5.82 Å². The normalized spacial score (nSPS) is 11.2.